The number of alkyl halides is 3. The molecule has 1 saturated heterocycles. The molecule has 2 fully saturated rings. The number of anilines is 1. The van der Waals surface area contributed by atoms with Gasteiger partial charge in [-0.1, -0.05) is 30.3 Å². The molecule has 168 valence electrons. The van der Waals surface area contributed by atoms with Crippen LogP contribution in [0, 0.1) is 0 Å². The lowest BCUT2D eigenvalue weighted by Crippen LogP contribution is -2.36. The molecule has 6 nitrogen and oxygen atoms in total. The summed E-state index contributed by atoms with van der Waals surface area (Å²) in [7, 11) is 0. The van der Waals surface area contributed by atoms with Crippen molar-refractivity contribution in [2.75, 3.05) is 4.90 Å². The van der Waals surface area contributed by atoms with Crippen molar-refractivity contribution >= 4 is 17.6 Å². The summed E-state index contributed by atoms with van der Waals surface area (Å²) >= 11 is 0. The van der Waals surface area contributed by atoms with E-state index < -0.39 is 23.7 Å². The molecule has 2 aromatic carbocycles. The van der Waals surface area contributed by atoms with Crippen molar-refractivity contribution in [3.05, 3.63) is 78.5 Å². The Hall–Kier alpha value is -3.88. The van der Waals surface area contributed by atoms with Crippen molar-refractivity contribution in [2.45, 2.75) is 31.3 Å². The van der Waals surface area contributed by atoms with Gasteiger partial charge in [-0.25, -0.2) is 9.69 Å². The Balaban J connectivity index is 1.39. The summed E-state index contributed by atoms with van der Waals surface area (Å²) in [5.41, 5.74) is 1.81. The molecule has 0 N–H and O–H groups in total. The average molecular weight is 453 g/mol. The predicted octanol–water partition coefficient (Wildman–Crippen LogP) is 5.15. The number of pyridine rings is 1. The molecule has 0 atom stereocenters. The number of urea groups is 1. The summed E-state index contributed by atoms with van der Waals surface area (Å²) in [5.74, 6) is -0.789. The first-order chi connectivity index (χ1) is 15.8. The number of halogens is 3. The Kier molecular flexibility index (Phi) is 4.84. The molecule has 0 bridgehead atoms. The summed E-state index contributed by atoms with van der Waals surface area (Å²) in [4.78, 5) is 33.4. The van der Waals surface area contributed by atoms with E-state index in [1.54, 1.807) is 17.2 Å². The molecule has 5 rings (SSSR count). The van der Waals surface area contributed by atoms with Gasteiger partial charge in [0.25, 0.3) is 5.91 Å². The molecule has 2 heterocycles. The van der Waals surface area contributed by atoms with E-state index in [2.05, 4.69) is 9.72 Å². The molecule has 1 aliphatic heterocycles. The van der Waals surface area contributed by atoms with Gasteiger partial charge in [-0.2, -0.15) is 0 Å². The van der Waals surface area contributed by atoms with Crippen molar-refractivity contribution in [2.24, 2.45) is 0 Å². The summed E-state index contributed by atoms with van der Waals surface area (Å²) in [6.45, 7) is 0.221. The maximum atomic E-state index is 13.2. The van der Waals surface area contributed by atoms with E-state index in [0.717, 1.165) is 33.9 Å². The topological polar surface area (TPSA) is 62.7 Å². The van der Waals surface area contributed by atoms with Gasteiger partial charge in [0.2, 0.25) is 0 Å². The number of benzene rings is 2. The zero-order chi connectivity index (χ0) is 23.2. The van der Waals surface area contributed by atoms with E-state index >= 15 is 0 Å². The fourth-order valence-electron chi connectivity index (χ4n) is 4.08. The van der Waals surface area contributed by atoms with Crippen LogP contribution in [0.2, 0.25) is 0 Å². The Labute approximate surface area is 187 Å². The van der Waals surface area contributed by atoms with Crippen molar-refractivity contribution in [3.63, 3.8) is 0 Å². The van der Waals surface area contributed by atoms with Gasteiger partial charge in [0, 0.05) is 18.3 Å². The van der Waals surface area contributed by atoms with Gasteiger partial charge in [-0.15, -0.1) is 13.2 Å². The lowest BCUT2D eigenvalue weighted by atomic mass is 10.1. The van der Waals surface area contributed by atoms with Crippen LogP contribution in [0.4, 0.5) is 23.7 Å². The van der Waals surface area contributed by atoms with Gasteiger partial charge in [0.1, 0.15) is 11.3 Å². The monoisotopic (exact) mass is 453 g/mol. The van der Waals surface area contributed by atoms with Crippen LogP contribution in [0.1, 0.15) is 18.4 Å². The number of imide groups is 1. The Bertz CT molecular complexity index is 1210. The van der Waals surface area contributed by atoms with Gasteiger partial charge in [-0.05, 0) is 54.8 Å². The zero-order valence-corrected chi connectivity index (χ0v) is 17.2. The first-order valence-electron chi connectivity index (χ1n) is 10.3. The summed E-state index contributed by atoms with van der Waals surface area (Å²) in [6.07, 6.45) is -2.07. The molecule has 3 amide bonds. The SMILES string of the molecule is O=C1N(c2ccc(OC(F)(F)F)cc2)C(=O)C2(CC2)N1Cc1ccnc(-c2ccccc2)c1. The molecule has 1 spiro atoms. The van der Waals surface area contributed by atoms with E-state index in [1.165, 1.54) is 12.1 Å². The van der Waals surface area contributed by atoms with E-state index in [0.29, 0.717) is 12.8 Å². The van der Waals surface area contributed by atoms with Crippen molar-refractivity contribution in [1.29, 1.82) is 0 Å². The molecular weight excluding hydrogens is 435 g/mol. The highest BCUT2D eigenvalue weighted by molar-refractivity contribution is 6.24. The standard InChI is InChI=1S/C24H18F3N3O3/c25-24(26,27)33-19-8-6-18(7-9-19)30-21(31)23(11-12-23)29(22(30)32)15-16-10-13-28-20(14-16)17-4-2-1-3-5-17/h1-10,13-14H,11-12,15H2. The number of carbonyl (C=O) groups is 2. The second-order valence-electron chi connectivity index (χ2n) is 8.00. The van der Waals surface area contributed by atoms with Crippen LogP contribution in [0.25, 0.3) is 11.3 Å². The molecule has 3 aromatic rings. The largest absolute Gasteiger partial charge is 0.573 e. The molecule has 33 heavy (non-hydrogen) atoms. The third kappa shape index (κ3) is 3.90. The molecule has 1 aliphatic carbocycles. The number of aromatic nitrogens is 1. The molecule has 1 aromatic heterocycles. The minimum absolute atomic E-state index is 0.202. The van der Waals surface area contributed by atoms with Gasteiger partial charge in [0.05, 0.1) is 11.4 Å². The van der Waals surface area contributed by atoms with Crippen LogP contribution in [0.15, 0.2) is 72.9 Å². The normalized spacial score (nSPS) is 17.1. The van der Waals surface area contributed by atoms with E-state index in [4.69, 9.17) is 0 Å². The number of ether oxygens (including phenoxy) is 1. The van der Waals surface area contributed by atoms with Crippen LogP contribution in [-0.4, -0.2) is 33.7 Å². The van der Waals surface area contributed by atoms with Gasteiger partial charge in [-0.3, -0.25) is 9.78 Å². The highest BCUT2D eigenvalue weighted by Gasteiger charge is 2.65. The van der Waals surface area contributed by atoms with Crippen LogP contribution < -0.4 is 9.64 Å². The minimum atomic E-state index is -4.82. The fraction of sp³-hybridized carbons (Fsp3) is 0.208. The van der Waals surface area contributed by atoms with Crippen LogP contribution in [0.3, 0.4) is 0 Å². The molecule has 0 unspecified atom stereocenters. The highest BCUT2D eigenvalue weighted by Crippen LogP contribution is 2.49. The van der Waals surface area contributed by atoms with Gasteiger partial charge < -0.3 is 9.64 Å². The summed E-state index contributed by atoms with van der Waals surface area (Å²) in [5, 5.41) is 0. The first-order valence-corrected chi connectivity index (χ1v) is 10.3. The lowest BCUT2D eigenvalue weighted by molar-refractivity contribution is -0.274. The molecule has 0 radical (unpaired) electrons. The summed E-state index contributed by atoms with van der Waals surface area (Å²) in [6, 6.07) is 17.5. The second-order valence-corrected chi connectivity index (χ2v) is 8.00. The maximum Gasteiger partial charge on any atom is 0.573 e. The van der Waals surface area contributed by atoms with Crippen LogP contribution in [-0.2, 0) is 11.3 Å². The minimum Gasteiger partial charge on any atom is -0.406 e. The smallest absolute Gasteiger partial charge is 0.406 e. The lowest BCUT2D eigenvalue weighted by Gasteiger charge is -2.21. The van der Waals surface area contributed by atoms with Gasteiger partial charge in [0.15, 0.2) is 0 Å². The number of hydrogen-bond acceptors (Lipinski definition) is 4. The molecule has 9 heteroatoms. The van der Waals surface area contributed by atoms with Crippen LogP contribution in [0.5, 0.6) is 5.75 Å². The van der Waals surface area contributed by atoms with Gasteiger partial charge >= 0.3 is 12.4 Å². The third-order valence-electron chi connectivity index (χ3n) is 5.83. The number of nitrogens with zero attached hydrogens (tertiary/aromatic N) is 3. The number of hydrogen-bond donors (Lipinski definition) is 0. The molecule has 1 saturated carbocycles. The Morgan fingerprint density at radius 3 is 2.30 bits per heavy atom. The fourth-order valence-corrected chi connectivity index (χ4v) is 4.08. The maximum absolute atomic E-state index is 13.2. The number of amides is 3. The summed E-state index contributed by atoms with van der Waals surface area (Å²) < 4.78 is 41.1. The molecule has 2 aliphatic rings. The number of rotatable bonds is 5. The third-order valence-corrected chi connectivity index (χ3v) is 5.83. The second kappa shape index (κ2) is 7.61. The van der Waals surface area contributed by atoms with Crippen molar-refractivity contribution in [1.82, 2.24) is 9.88 Å². The number of carbonyl (C=O) groups excluding carboxylic acids is 2. The Morgan fingerprint density at radius 2 is 1.67 bits per heavy atom. The highest BCUT2D eigenvalue weighted by atomic mass is 19.4. The van der Waals surface area contributed by atoms with E-state index in [9.17, 15) is 22.8 Å². The first kappa shape index (κ1) is 21.0. The quantitative estimate of drug-likeness (QED) is 0.502. The van der Waals surface area contributed by atoms with Crippen LogP contribution >= 0.6 is 0 Å². The zero-order valence-electron chi connectivity index (χ0n) is 17.2. The molecular formula is C24H18F3N3O3. The van der Waals surface area contributed by atoms with Crippen molar-refractivity contribution < 1.29 is 27.5 Å². The van der Waals surface area contributed by atoms with E-state index in [-0.39, 0.29) is 18.1 Å². The van der Waals surface area contributed by atoms with E-state index in [1.807, 2.05) is 36.4 Å². The van der Waals surface area contributed by atoms with Crippen molar-refractivity contribution in [3.8, 4) is 17.0 Å². The Morgan fingerprint density at radius 1 is 0.970 bits per heavy atom. The average Bonchev–Trinajstić information content (AvgIpc) is 3.57. The predicted molar refractivity (Wildman–Crippen MR) is 113 cm³/mol.